The second-order valence-corrected chi connectivity index (χ2v) is 7.51. The number of hydrogen-bond acceptors (Lipinski definition) is 6. The second kappa shape index (κ2) is 5.81. The van der Waals surface area contributed by atoms with Gasteiger partial charge in [0.25, 0.3) is 0 Å². The molecule has 0 aliphatic carbocycles. The van der Waals surface area contributed by atoms with Gasteiger partial charge in [0.05, 0.1) is 24.7 Å². The van der Waals surface area contributed by atoms with Gasteiger partial charge >= 0.3 is 6.09 Å². The zero-order valence-corrected chi connectivity index (χ0v) is 13.1. The molecule has 2 aliphatic heterocycles. The van der Waals surface area contributed by atoms with Crippen molar-refractivity contribution in [3.8, 4) is 0 Å². The lowest BCUT2D eigenvalue weighted by atomic mass is 9.96. The largest absolute Gasteiger partial charge is 0.447 e. The Morgan fingerprint density at radius 3 is 2.82 bits per heavy atom. The van der Waals surface area contributed by atoms with Gasteiger partial charge in [-0.05, 0) is 12.8 Å². The van der Waals surface area contributed by atoms with Crippen molar-refractivity contribution in [2.24, 2.45) is 0 Å². The SMILES string of the molecule is CS(=O)(=O)N1CCC[C@@H](c2cncc(N3CCOC3=O)n2)C1. The first-order valence-electron chi connectivity index (χ1n) is 7.16. The van der Waals surface area contributed by atoms with Crippen molar-refractivity contribution in [3.63, 3.8) is 0 Å². The minimum absolute atomic E-state index is 0.00505. The molecule has 2 saturated heterocycles. The highest BCUT2D eigenvalue weighted by molar-refractivity contribution is 7.88. The minimum Gasteiger partial charge on any atom is -0.447 e. The first-order valence-corrected chi connectivity index (χ1v) is 9.01. The zero-order chi connectivity index (χ0) is 15.7. The summed E-state index contributed by atoms with van der Waals surface area (Å²) in [6.45, 7) is 1.75. The molecular formula is C13H18N4O4S. The van der Waals surface area contributed by atoms with E-state index < -0.39 is 16.1 Å². The summed E-state index contributed by atoms with van der Waals surface area (Å²) >= 11 is 0. The molecule has 1 aromatic rings. The van der Waals surface area contributed by atoms with Crippen molar-refractivity contribution in [2.75, 3.05) is 37.4 Å². The van der Waals surface area contributed by atoms with Gasteiger partial charge in [-0.1, -0.05) is 0 Å². The maximum Gasteiger partial charge on any atom is 0.415 e. The molecule has 2 aliphatic rings. The third-order valence-electron chi connectivity index (χ3n) is 3.95. The van der Waals surface area contributed by atoms with Crippen LogP contribution in [0.25, 0.3) is 0 Å². The molecule has 0 bridgehead atoms. The Bertz CT molecular complexity index is 678. The van der Waals surface area contributed by atoms with Crippen LogP contribution in [0.4, 0.5) is 10.6 Å². The van der Waals surface area contributed by atoms with Crippen molar-refractivity contribution < 1.29 is 17.9 Å². The molecule has 3 rings (SSSR count). The number of carbonyl (C=O) groups excluding carboxylic acids is 1. The molecule has 8 nitrogen and oxygen atoms in total. The normalized spacial score (nSPS) is 23.6. The van der Waals surface area contributed by atoms with E-state index in [4.69, 9.17) is 4.74 Å². The van der Waals surface area contributed by atoms with Crippen molar-refractivity contribution in [2.45, 2.75) is 18.8 Å². The Hall–Kier alpha value is -1.74. The summed E-state index contributed by atoms with van der Waals surface area (Å²) in [6, 6.07) is 0. The standard InChI is InChI=1S/C13H18N4O4S/c1-22(19,20)16-4-2-3-10(9-16)11-7-14-8-12(15-11)17-5-6-21-13(17)18/h7-8,10H,2-6,9H2,1H3/t10-/m1/s1. The van der Waals surface area contributed by atoms with Gasteiger partial charge in [0, 0.05) is 25.2 Å². The number of piperidine rings is 1. The summed E-state index contributed by atoms with van der Waals surface area (Å²) in [6.07, 6.45) is 5.60. The number of aromatic nitrogens is 2. The van der Waals surface area contributed by atoms with E-state index in [1.807, 2.05) is 0 Å². The van der Waals surface area contributed by atoms with E-state index in [9.17, 15) is 13.2 Å². The van der Waals surface area contributed by atoms with Crippen LogP contribution < -0.4 is 4.90 Å². The zero-order valence-electron chi connectivity index (χ0n) is 12.3. The fourth-order valence-corrected chi connectivity index (χ4v) is 3.70. The van der Waals surface area contributed by atoms with Gasteiger partial charge in [-0.15, -0.1) is 0 Å². The van der Waals surface area contributed by atoms with Crippen LogP contribution in [0.15, 0.2) is 12.4 Å². The summed E-state index contributed by atoms with van der Waals surface area (Å²) in [5, 5.41) is 0. The predicted molar refractivity (Wildman–Crippen MR) is 79.1 cm³/mol. The van der Waals surface area contributed by atoms with Crippen LogP contribution in [0.2, 0.25) is 0 Å². The van der Waals surface area contributed by atoms with Crippen LogP contribution in [-0.2, 0) is 14.8 Å². The summed E-state index contributed by atoms with van der Waals surface area (Å²) in [4.78, 5) is 21.7. The lowest BCUT2D eigenvalue weighted by Gasteiger charge is -2.30. The molecule has 120 valence electrons. The summed E-state index contributed by atoms with van der Waals surface area (Å²) < 4.78 is 29.8. The smallest absolute Gasteiger partial charge is 0.415 e. The first kappa shape index (κ1) is 15.2. The maximum absolute atomic E-state index is 11.7. The summed E-state index contributed by atoms with van der Waals surface area (Å²) in [5.74, 6) is 0.450. The van der Waals surface area contributed by atoms with Crippen molar-refractivity contribution >= 4 is 21.9 Å². The Balaban J connectivity index is 1.81. The van der Waals surface area contributed by atoms with Crippen molar-refractivity contribution in [3.05, 3.63) is 18.1 Å². The Morgan fingerprint density at radius 2 is 2.14 bits per heavy atom. The Labute approximate surface area is 129 Å². The fraction of sp³-hybridized carbons (Fsp3) is 0.615. The molecule has 2 fully saturated rings. The molecule has 1 aromatic heterocycles. The van der Waals surface area contributed by atoms with Gasteiger partial charge in [-0.2, -0.15) is 0 Å². The monoisotopic (exact) mass is 326 g/mol. The number of ether oxygens (including phenoxy) is 1. The highest BCUT2D eigenvalue weighted by atomic mass is 32.2. The van der Waals surface area contributed by atoms with Crippen LogP contribution in [0.1, 0.15) is 24.5 Å². The van der Waals surface area contributed by atoms with Gasteiger partial charge in [-0.25, -0.2) is 22.5 Å². The number of nitrogens with zero attached hydrogens (tertiary/aromatic N) is 4. The van der Waals surface area contributed by atoms with E-state index in [0.29, 0.717) is 37.8 Å². The Morgan fingerprint density at radius 1 is 1.32 bits per heavy atom. The average Bonchev–Trinajstić information content (AvgIpc) is 2.93. The predicted octanol–water partition coefficient (Wildman–Crippen LogP) is 0.572. The molecule has 1 atom stereocenters. The number of hydrogen-bond donors (Lipinski definition) is 0. The molecule has 0 aromatic carbocycles. The van der Waals surface area contributed by atoms with E-state index in [1.165, 1.54) is 21.7 Å². The molecule has 0 radical (unpaired) electrons. The van der Waals surface area contributed by atoms with Crippen LogP contribution in [0.3, 0.4) is 0 Å². The highest BCUT2D eigenvalue weighted by Crippen LogP contribution is 2.28. The molecule has 0 saturated carbocycles. The van der Waals surface area contributed by atoms with Gasteiger partial charge in [-0.3, -0.25) is 9.88 Å². The maximum atomic E-state index is 11.7. The molecule has 22 heavy (non-hydrogen) atoms. The number of anilines is 1. The van der Waals surface area contributed by atoms with E-state index in [0.717, 1.165) is 12.8 Å². The van der Waals surface area contributed by atoms with Crippen molar-refractivity contribution in [1.29, 1.82) is 0 Å². The molecule has 9 heteroatoms. The van der Waals surface area contributed by atoms with Crippen LogP contribution in [-0.4, -0.2) is 61.3 Å². The third-order valence-corrected chi connectivity index (χ3v) is 5.22. The first-order chi connectivity index (χ1) is 10.4. The number of rotatable bonds is 3. The lowest BCUT2D eigenvalue weighted by molar-refractivity contribution is 0.181. The molecule has 0 unspecified atom stereocenters. The molecule has 3 heterocycles. The second-order valence-electron chi connectivity index (χ2n) is 5.53. The lowest BCUT2D eigenvalue weighted by Crippen LogP contribution is -2.38. The molecule has 0 spiro atoms. The fourth-order valence-electron chi connectivity index (χ4n) is 2.78. The van der Waals surface area contributed by atoms with Gasteiger partial charge in [0.1, 0.15) is 6.61 Å². The number of amides is 1. The number of cyclic esters (lactones) is 1. The van der Waals surface area contributed by atoms with E-state index in [-0.39, 0.29) is 5.92 Å². The molecular weight excluding hydrogens is 308 g/mol. The van der Waals surface area contributed by atoms with Crippen LogP contribution in [0.5, 0.6) is 0 Å². The van der Waals surface area contributed by atoms with Gasteiger partial charge < -0.3 is 4.74 Å². The summed E-state index contributed by atoms with van der Waals surface area (Å²) in [5.41, 5.74) is 0.713. The average molecular weight is 326 g/mol. The quantitative estimate of drug-likeness (QED) is 0.806. The molecule has 1 amide bonds. The van der Waals surface area contributed by atoms with E-state index >= 15 is 0 Å². The highest BCUT2D eigenvalue weighted by Gasteiger charge is 2.29. The number of sulfonamides is 1. The molecule has 0 N–H and O–H groups in total. The summed E-state index contributed by atoms with van der Waals surface area (Å²) in [7, 11) is -3.20. The van der Waals surface area contributed by atoms with E-state index in [1.54, 1.807) is 6.20 Å². The number of carbonyl (C=O) groups is 1. The van der Waals surface area contributed by atoms with Crippen LogP contribution >= 0.6 is 0 Å². The van der Waals surface area contributed by atoms with Crippen LogP contribution in [0, 0.1) is 0 Å². The Kier molecular flexibility index (Phi) is 4.00. The minimum atomic E-state index is -3.20. The topological polar surface area (TPSA) is 92.7 Å². The van der Waals surface area contributed by atoms with E-state index in [2.05, 4.69) is 9.97 Å². The third kappa shape index (κ3) is 3.05. The van der Waals surface area contributed by atoms with Crippen molar-refractivity contribution in [1.82, 2.24) is 14.3 Å². The van der Waals surface area contributed by atoms with Gasteiger partial charge in [0.2, 0.25) is 10.0 Å². The van der Waals surface area contributed by atoms with Gasteiger partial charge in [0.15, 0.2) is 5.82 Å².